The van der Waals surface area contributed by atoms with Crippen LogP contribution >= 0.6 is 0 Å². The van der Waals surface area contributed by atoms with Gasteiger partial charge in [0.1, 0.15) is 28.5 Å². The highest BCUT2D eigenvalue weighted by atomic mass is 16.3. The average Bonchev–Trinajstić information content (AvgIpc) is 3.36. The van der Waals surface area contributed by atoms with Crippen LogP contribution < -0.4 is 5.32 Å². The Morgan fingerprint density at radius 2 is 1.59 bits per heavy atom. The molecule has 3 aromatic carbocycles. The van der Waals surface area contributed by atoms with Crippen LogP contribution in [0.3, 0.4) is 0 Å². The van der Waals surface area contributed by atoms with Gasteiger partial charge in [-0.15, -0.1) is 0 Å². The van der Waals surface area contributed by atoms with Gasteiger partial charge in [0.05, 0.1) is 6.54 Å². The summed E-state index contributed by atoms with van der Waals surface area (Å²) in [6, 6.07) is 27.1. The van der Waals surface area contributed by atoms with E-state index in [0.717, 1.165) is 44.8 Å². The molecule has 0 saturated carbocycles. The van der Waals surface area contributed by atoms with Gasteiger partial charge >= 0.3 is 0 Å². The van der Waals surface area contributed by atoms with Gasteiger partial charge in [-0.3, -0.25) is 4.40 Å². The molecule has 6 rings (SSSR count). The molecule has 0 amide bonds. The van der Waals surface area contributed by atoms with Crippen molar-refractivity contribution >= 4 is 33.2 Å². The summed E-state index contributed by atoms with van der Waals surface area (Å²) in [4.78, 5) is 5.12. The van der Waals surface area contributed by atoms with Crippen molar-refractivity contribution in [3.8, 4) is 11.3 Å². The molecule has 0 radical (unpaired) electrons. The summed E-state index contributed by atoms with van der Waals surface area (Å²) in [5.41, 5.74) is 6.32. The first-order valence-electron chi connectivity index (χ1n) is 10.9. The summed E-state index contributed by atoms with van der Waals surface area (Å²) in [5, 5.41) is 7.13. The Morgan fingerprint density at radius 1 is 0.844 bits per heavy atom. The highest BCUT2D eigenvalue weighted by Gasteiger charge is 2.18. The van der Waals surface area contributed by atoms with E-state index in [1.165, 1.54) is 16.5 Å². The standard InChI is InChI=1S/C28H23N3O/c1-18-9-3-5-11-21(18)26-28(29-17-25-19(2)22-12-7-8-14-24(22)32-25)31-16-15-20-10-4-6-13-23(20)27(31)30-26/h3-16,29H,17H2,1-2H3. The minimum Gasteiger partial charge on any atom is -0.459 e. The molecule has 156 valence electrons. The van der Waals surface area contributed by atoms with Crippen molar-refractivity contribution < 1.29 is 4.42 Å². The molecule has 0 spiro atoms. The van der Waals surface area contributed by atoms with Crippen molar-refractivity contribution in [2.75, 3.05) is 5.32 Å². The number of aromatic nitrogens is 2. The number of rotatable bonds is 4. The number of imidazole rings is 1. The number of para-hydroxylation sites is 1. The predicted octanol–water partition coefficient (Wildman–Crippen LogP) is 7.13. The molecule has 6 aromatic rings. The largest absolute Gasteiger partial charge is 0.459 e. The number of hydrogen-bond donors (Lipinski definition) is 1. The van der Waals surface area contributed by atoms with Crippen LogP contribution in [0.15, 0.2) is 89.5 Å². The van der Waals surface area contributed by atoms with Crippen LogP contribution in [-0.2, 0) is 6.54 Å². The molecule has 3 aromatic heterocycles. The van der Waals surface area contributed by atoms with Crippen molar-refractivity contribution in [2.45, 2.75) is 20.4 Å². The van der Waals surface area contributed by atoms with Crippen LogP contribution in [0.25, 0.3) is 38.6 Å². The Labute approximate surface area is 186 Å². The number of benzene rings is 3. The van der Waals surface area contributed by atoms with Gasteiger partial charge in [-0.25, -0.2) is 4.98 Å². The Balaban J connectivity index is 1.52. The lowest BCUT2D eigenvalue weighted by atomic mass is 10.1. The molecule has 0 unspecified atom stereocenters. The van der Waals surface area contributed by atoms with E-state index in [1.807, 2.05) is 18.2 Å². The highest BCUT2D eigenvalue weighted by molar-refractivity contribution is 5.96. The lowest BCUT2D eigenvalue weighted by Gasteiger charge is -2.10. The second-order valence-corrected chi connectivity index (χ2v) is 8.22. The second-order valence-electron chi connectivity index (χ2n) is 8.22. The fourth-order valence-corrected chi connectivity index (χ4v) is 4.52. The van der Waals surface area contributed by atoms with E-state index in [-0.39, 0.29) is 0 Å². The summed E-state index contributed by atoms with van der Waals surface area (Å²) in [5.74, 6) is 1.91. The van der Waals surface area contributed by atoms with Crippen LogP contribution in [-0.4, -0.2) is 9.38 Å². The van der Waals surface area contributed by atoms with Crippen molar-refractivity contribution in [3.05, 3.63) is 102 Å². The van der Waals surface area contributed by atoms with Crippen LogP contribution in [0.4, 0.5) is 5.82 Å². The van der Waals surface area contributed by atoms with E-state index in [2.05, 4.69) is 90.4 Å². The van der Waals surface area contributed by atoms with Crippen LogP contribution in [0.2, 0.25) is 0 Å². The van der Waals surface area contributed by atoms with Gasteiger partial charge in [0.15, 0.2) is 0 Å². The predicted molar refractivity (Wildman–Crippen MR) is 131 cm³/mol. The summed E-state index contributed by atoms with van der Waals surface area (Å²) in [7, 11) is 0. The van der Waals surface area contributed by atoms with Crippen molar-refractivity contribution in [2.24, 2.45) is 0 Å². The normalized spacial score (nSPS) is 11.6. The Morgan fingerprint density at radius 3 is 2.44 bits per heavy atom. The van der Waals surface area contributed by atoms with Gasteiger partial charge in [0.2, 0.25) is 0 Å². The van der Waals surface area contributed by atoms with Gasteiger partial charge in [-0.1, -0.05) is 66.7 Å². The van der Waals surface area contributed by atoms with E-state index in [0.29, 0.717) is 6.54 Å². The number of fused-ring (bicyclic) bond motifs is 4. The molecule has 1 N–H and O–H groups in total. The van der Waals surface area contributed by atoms with Crippen LogP contribution in [0, 0.1) is 13.8 Å². The molecule has 4 heteroatoms. The average molecular weight is 418 g/mol. The maximum atomic E-state index is 6.16. The number of nitrogens with zero attached hydrogens (tertiary/aromatic N) is 2. The Hall–Kier alpha value is -4.05. The number of furan rings is 1. The quantitative estimate of drug-likeness (QED) is 0.332. The number of anilines is 1. The number of aryl methyl sites for hydroxylation is 2. The number of pyridine rings is 1. The van der Waals surface area contributed by atoms with E-state index in [1.54, 1.807) is 0 Å². The zero-order chi connectivity index (χ0) is 21.7. The Bertz CT molecular complexity index is 1610. The summed E-state index contributed by atoms with van der Waals surface area (Å²) in [6.07, 6.45) is 2.10. The fourth-order valence-electron chi connectivity index (χ4n) is 4.52. The van der Waals surface area contributed by atoms with E-state index >= 15 is 0 Å². The first-order valence-corrected chi connectivity index (χ1v) is 10.9. The SMILES string of the molecule is Cc1ccccc1-c1nc2c3ccccc3ccn2c1NCc1oc2ccccc2c1C. The minimum atomic E-state index is 0.583. The van der Waals surface area contributed by atoms with Gasteiger partial charge in [-0.2, -0.15) is 0 Å². The lowest BCUT2D eigenvalue weighted by Crippen LogP contribution is -2.04. The molecule has 32 heavy (non-hydrogen) atoms. The lowest BCUT2D eigenvalue weighted by molar-refractivity contribution is 0.555. The third kappa shape index (κ3) is 2.88. The molecule has 0 fully saturated rings. The summed E-state index contributed by atoms with van der Waals surface area (Å²) >= 11 is 0. The third-order valence-corrected chi connectivity index (χ3v) is 6.28. The topological polar surface area (TPSA) is 42.5 Å². The van der Waals surface area contributed by atoms with Gasteiger partial charge in [0, 0.05) is 28.1 Å². The third-order valence-electron chi connectivity index (χ3n) is 6.28. The second kappa shape index (κ2) is 7.27. The molecule has 0 saturated heterocycles. The summed E-state index contributed by atoms with van der Waals surface area (Å²) in [6.45, 7) is 4.83. The van der Waals surface area contributed by atoms with Crippen LogP contribution in [0.5, 0.6) is 0 Å². The first-order chi connectivity index (χ1) is 15.7. The molecule has 0 bridgehead atoms. The zero-order valence-electron chi connectivity index (χ0n) is 18.1. The minimum absolute atomic E-state index is 0.583. The Kier molecular flexibility index (Phi) is 4.25. The maximum absolute atomic E-state index is 6.16. The monoisotopic (exact) mass is 417 g/mol. The van der Waals surface area contributed by atoms with E-state index in [4.69, 9.17) is 9.40 Å². The first kappa shape index (κ1) is 18.7. The van der Waals surface area contributed by atoms with Gasteiger partial charge in [0.25, 0.3) is 0 Å². The molecular formula is C28H23N3O. The highest BCUT2D eigenvalue weighted by Crippen LogP contribution is 2.34. The van der Waals surface area contributed by atoms with Crippen molar-refractivity contribution in [3.63, 3.8) is 0 Å². The van der Waals surface area contributed by atoms with Gasteiger partial charge < -0.3 is 9.73 Å². The zero-order valence-corrected chi connectivity index (χ0v) is 18.1. The molecule has 3 heterocycles. The smallest absolute Gasteiger partial charge is 0.147 e. The van der Waals surface area contributed by atoms with E-state index < -0.39 is 0 Å². The molecule has 0 aliphatic rings. The molecular weight excluding hydrogens is 394 g/mol. The van der Waals surface area contributed by atoms with E-state index in [9.17, 15) is 0 Å². The van der Waals surface area contributed by atoms with Crippen molar-refractivity contribution in [1.82, 2.24) is 9.38 Å². The molecule has 4 nitrogen and oxygen atoms in total. The maximum Gasteiger partial charge on any atom is 0.147 e. The van der Waals surface area contributed by atoms with Crippen LogP contribution in [0.1, 0.15) is 16.9 Å². The summed E-state index contributed by atoms with van der Waals surface area (Å²) < 4.78 is 8.31. The van der Waals surface area contributed by atoms with Crippen molar-refractivity contribution in [1.29, 1.82) is 0 Å². The molecule has 0 aliphatic heterocycles. The van der Waals surface area contributed by atoms with Gasteiger partial charge in [-0.05, 0) is 36.9 Å². The molecule has 0 atom stereocenters. The molecule has 0 aliphatic carbocycles. The number of nitrogens with one attached hydrogen (secondary N) is 1. The fraction of sp³-hybridized carbons (Fsp3) is 0.107. The number of hydrogen-bond acceptors (Lipinski definition) is 3.